The van der Waals surface area contributed by atoms with Crippen LogP contribution in [0.4, 0.5) is 5.82 Å². The number of hydrogen-bond donors (Lipinski definition) is 1. The summed E-state index contributed by atoms with van der Waals surface area (Å²) < 4.78 is 0. The van der Waals surface area contributed by atoms with Crippen LogP contribution in [0.15, 0.2) is 18.3 Å². The maximum absolute atomic E-state index is 11.7. The standard InChI is InChI=1S/C15H19N3OS/c1-4-7-16-15(19)13-5-6-14(17-10-13)18-8-9-20-12(3)11(18)2/h1,5-6,10-12H,7-9H2,2-3H3,(H,16,19). The first-order chi connectivity index (χ1) is 9.63. The van der Waals surface area contributed by atoms with Crippen LogP contribution in [0, 0.1) is 12.3 Å². The fourth-order valence-electron chi connectivity index (χ4n) is 2.18. The van der Waals surface area contributed by atoms with Crippen molar-refractivity contribution in [2.24, 2.45) is 0 Å². The van der Waals surface area contributed by atoms with Crippen LogP contribution in [0.2, 0.25) is 0 Å². The molecule has 0 aliphatic carbocycles. The summed E-state index contributed by atoms with van der Waals surface area (Å²) in [5.74, 6) is 4.23. The fourth-order valence-corrected chi connectivity index (χ4v) is 3.28. The average Bonchev–Trinajstić information content (AvgIpc) is 2.48. The molecule has 20 heavy (non-hydrogen) atoms. The summed E-state index contributed by atoms with van der Waals surface area (Å²) in [6.07, 6.45) is 6.73. The van der Waals surface area contributed by atoms with E-state index in [1.165, 1.54) is 0 Å². The van der Waals surface area contributed by atoms with Crippen molar-refractivity contribution < 1.29 is 4.79 Å². The highest BCUT2D eigenvalue weighted by Crippen LogP contribution is 2.27. The molecule has 0 saturated carbocycles. The second-order valence-corrected chi connectivity index (χ2v) is 6.29. The molecule has 1 aromatic rings. The minimum atomic E-state index is -0.183. The van der Waals surface area contributed by atoms with Crippen molar-refractivity contribution in [1.29, 1.82) is 0 Å². The highest BCUT2D eigenvalue weighted by molar-refractivity contribution is 8.00. The third-order valence-corrected chi connectivity index (χ3v) is 4.88. The van der Waals surface area contributed by atoms with E-state index in [0.717, 1.165) is 18.1 Å². The van der Waals surface area contributed by atoms with Crippen LogP contribution in [0.1, 0.15) is 24.2 Å². The number of carbonyl (C=O) groups excluding carboxylic acids is 1. The zero-order valence-electron chi connectivity index (χ0n) is 11.8. The molecule has 4 nitrogen and oxygen atoms in total. The number of rotatable bonds is 3. The zero-order chi connectivity index (χ0) is 14.5. The number of thioether (sulfide) groups is 1. The van der Waals surface area contributed by atoms with Gasteiger partial charge in [0.2, 0.25) is 0 Å². The summed E-state index contributed by atoms with van der Waals surface area (Å²) in [5, 5.41) is 3.22. The Labute approximate surface area is 124 Å². The van der Waals surface area contributed by atoms with Crippen molar-refractivity contribution in [3.63, 3.8) is 0 Å². The van der Waals surface area contributed by atoms with Crippen molar-refractivity contribution in [3.8, 4) is 12.3 Å². The maximum atomic E-state index is 11.7. The lowest BCUT2D eigenvalue weighted by molar-refractivity contribution is 0.0958. The van der Waals surface area contributed by atoms with Crippen molar-refractivity contribution in [2.75, 3.05) is 23.7 Å². The van der Waals surface area contributed by atoms with E-state index in [9.17, 15) is 4.79 Å². The molecule has 5 heteroatoms. The Hall–Kier alpha value is -1.67. The van der Waals surface area contributed by atoms with Gasteiger partial charge in [-0.25, -0.2) is 4.98 Å². The second-order valence-electron chi connectivity index (χ2n) is 4.80. The second kappa shape index (κ2) is 6.67. The summed E-state index contributed by atoms with van der Waals surface area (Å²) in [6, 6.07) is 4.15. The predicted octanol–water partition coefficient (Wildman–Crippen LogP) is 1.77. The molecule has 0 spiro atoms. The van der Waals surface area contributed by atoms with Crippen LogP contribution in [0.25, 0.3) is 0 Å². The van der Waals surface area contributed by atoms with Gasteiger partial charge in [-0.2, -0.15) is 11.8 Å². The third kappa shape index (κ3) is 3.26. The van der Waals surface area contributed by atoms with Crippen LogP contribution in [-0.2, 0) is 0 Å². The Morgan fingerprint density at radius 3 is 3.05 bits per heavy atom. The molecule has 2 atom stereocenters. The summed E-state index contributed by atoms with van der Waals surface area (Å²) in [7, 11) is 0. The van der Waals surface area contributed by atoms with Gasteiger partial charge in [0, 0.05) is 29.8 Å². The number of terminal acetylenes is 1. The van der Waals surface area contributed by atoms with Crippen LogP contribution in [0.3, 0.4) is 0 Å². The zero-order valence-corrected chi connectivity index (χ0v) is 12.6. The molecule has 2 heterocycles. The number of nitrogens with one attached hydrogen (secondary N) is 1. The number of nitrogens with zero attached hydrogens (tertiary/aromatic N) is 2. The number of carbonyl (C=O) groups is 1. The molecule has 106 valence electrons. The van der Waals surface area contributed by atoms with Gasteiger partial charge in [0.25, 0.3) is 5.91 Å². The summed E-state index contributed by atoms with van der Waals surface area (Å²) in [6.45, 7) is 5.68. The summed E-state index contributed by atoms with van der Waals surface area (Å²) >= 11 is 1.99. The van der Waals surface area contributed by atoms with E-state index in [1.54, 1.807) is 12.3 Å². The van der Waals surface area contributed by atoms with Gasteiger partial charge in [-0.1, -0.05) is 12.8 Å². The van der Waals surface area contributed by atoms with Gasteiger partial charge in [-0.3, -0.25) is 4.79 Å². The van der Waals surface area contributed by atoms with Crippen LogP contribution in [0.5, 0.6) is 0 Å². The van der Waals surface area contributed by atoms with E-state index >= 15 is 0 Å². The average molecular weight is 289 g/mol. The topological polar surface area (TPSA) is 45.2 Å². The lowest BCUT2D eigenvalue weighted by Crippen LogP contribution is -2.45. The summed E-state index contributed by atoms with van der Waals surface area (Å²) in [4.78, 5) is 18.5. The lowest BCUT2D eigenvalue weighted by atomic mass is 10.2. The van der Waals surface area contributed by atoms with Crippen LogP contribution in [-0.4, -0.2) is 41.0 Å². The Morgan fingerprint density at radius 2 is 2.40 bits per heavy atom. The van der Waals surface area contributed by atoms with Gasteiger partial charge in [-0.15, -0.1) is 6.42 Å². The molecule has 1 aliphatic heterocycles. The van der Waals surface area contributed by atoms with Crippen molar-refractivity contribution in [3.05, 3.63) is 23.9 Å². The number of pyridine rings is 1. The first kappa shape index (κ1) is 14.7. The quantitative estimate of drug-likeness (QED) is 0.862. The number of anilines is 1. The number of amides is 1. The maximum Gasteiger partial charge on any atom is 0.253 e. The molecule has 1 aromatic heterocycles. The minimum absolute atomic E-state index is 0.183. The monoisotopic (exact) mass is 289 g/mol. The molecule has 1 N–H and O–H groups in total. The molecule has 0 bridgehead atoms. The first-order valence-electron chi connectivity index (χ1n) is 6.69. The molecular formula is C15H19N3OS. The van der Waals surface area contributed by atoms with Gasteiger partial charge >= 0.3 is 0 Å². The fraction of sp³-hybridized carbons (Fsp3) is 0.467. The largest absolute Gasteiger partial charge is 0.352 e. The van der Waals surface area contributed by atoms with Crippen molar-refractivity contribution in [2.45, 2.75) is 25.1 Å². The van der Waals surface area contributed by atoms with E-state index < -0.39 is 0 Å². The normalized spacial score (nSPS) is 22.1. The predicted molar refractivity (Wildman–Crippen MR) is 84.1 cm³/mol. The van der Waals surface area contributed by atoms with Crippen molar-refractivity contribution >= 4 is 23.5 Å². The molecule has 2 rings (SSSR count). The van der Waals surface area contributed by atoms with E-state index in [1.807, 2.05) is 17.8 Å². The highest BCUT2D eigenvalue weighted by Gasteiger charge is 2.26. The van der Waals surface area contributed by atoms with Crippen LogP contribution < -0.4 is 10.2 Å². The molecule has 2 unspecified atom stereocenters. The van der Waals surface area contributed by atoms with E-state index in [4.69, 9.17) is 6.42 Å². The third-order valence-electron chi connectivity index (χ3n) is 3.54. The van der Waals surface area contributed by atoms with Crippen LogP contribution >= 0.6 is 11.8 Å². The van der Waals surface area contributed by atoms with E-state index in [-0.39, 0.29) is 12.5 Å². The van der Waals surface area contributed by atoms with Gasteiger partial charge < -0.3 is 10.2 Å². The van der Waals surface area contributed by atoms with E-state index in [0.29, 0.717) is 16.9 Å². The Bertz CT molecular complexity index is 509. The Kier molecular flexibility index (Phi) is 4.91. The van der Waals surface area contributed by atoms with Gasteiger partial charge in [0.1, 0.15) is 5.82 Å². The molecule has 1 amide bonds. The van der Waals surface area contributed by atoms with Gasteiger partial charge in [0.15, 0.2) is 0 Å². The molecule has 0 aromatic carbocycles. The van der Waals surface area contributed by atoms with E-state index in [2.05, 4.69) is 35.0 Å². The Morgan fingerprint density at radius 1 is 1.60 bits per heavy atom. The minimum Gasteiger partial charge on any atom is -0.352 e. The molecular weight excluding hydrogens is 270 g/mol. The summed E-state index contributed by atoms with van der Waals surface area (Å²) in [5.41, 5.74) is 0.538. The highest BCUT2D eigenvalue weighted by atomic mass is 32.2. The SMILES string of the molecule is C#CCNC(=O)c1ccc(N2CCSC(C)C2C)nc1. The lowest BCUT2D eigenvalue weighted by Gasteiger charge is -2.38. The molecule has 0 radical (unpaired) electrons. The number of hydrogen-bond acceptors (Lipinski definition) is 4. The first-order valence-corrected chi connectivity index (χ1v) is 7.74. The molecule has 1 aliphatic rings. The molecule has 1 saturated heterocycles. The smallest absolute Gasteiger partial charge is 0.253 e. The van der Waals surface area contributed by atoms with Crippen molar-refractivity contribution in [1.82, 2.24) is 10.3 Å². The Balaban J connectivity index is 2.08. The number of aromatic nitrogens is 1. The van der Waals surface area contributed by atoms with Gasteiger partial charge in [0.05, 0.1) is 12.1 Å². The molecule has 1 fully saturated rings. The van der Waals surface area contributed by atoms with Gasteiger partial charge in [-0.05, 0) is 19.1 Å².